The summed E-state index contributed by atoms with van der Waals surface area (Å²) in [5.74, 6) is 0. The summed E-state index contributed by atoms with van der Waals surface area (Å²) in [5.41, 5.74) is 0. The highest BCUT2D eigenvalue weighted by Crippen LogP contribution is 2.16. The quantitative estimate of drug-likeness (QED) is 0.322. The van der Waals surface area contributed by atoms with Crippen LogP contribution in [0.2, 0.25) is 0 Å². The van der Waals surface area contributed by atoms with Crippen molar-refractivity contribution < 1.29 is 47.6 Å². The molecule has 1 rings (SSSR count). The lowest BCUT2D eigenvalue weighted by Gasteiger charge is -2.39. The van der Waals surface area contributed by atoms with Crippen molar-refractivity contribution in [3.05, 3.63) is 0 Å². The van der Waals surface area contributed by atoms with E-state index in [1.807, 2.05) is 0 Å². The Balaban J connectivity index is 0. The Morgan fingerprint density at radius 1 is 0.828 bits per heavy atom. The van der Waals surface area contributed by atoms with Crippen LogP contribution in [0.4, 0.5) is 4.79 Å². The summed E-state index contributed by atoms with van der Waals surface area (Å²) in [5, 5.41) is 0. The SMILES string of the molecule is CC1COC(=O)O1.CCCC[N+](CCCC)(CCCC)CCCC.[O-][Cl+3]([O-])([O-])[O-]. The third-order valence-corrected chi connectivity index (χ3v) is 4.68. The fourth-order valence-electron chi connectivity index (χ4n) is 3.06. The minimum atomic E-state index is -4.94. The van der Waals surface area contributed by atoms with Gasteiger partial charge in [0.2, 0.25) is 0 Å². The van der Waals surface area contributed by atoms with Crippen LogP contribution in [0.25, 0.3) is 0 Å². The first-order valence-corrected chi connectivity index (χ1v) is 12.1. The number of hydrogen-bond acceptors (Lipinski definition) is 7. The second-order valence-corrected chi connectivity index (χ2v) is 8.27. The second-order valence-electron chi connectivity index (χ2n) is 7.52. The highest BCUT2D eigenvalue weighted by atomic mass is 35.7. The zero-order valence-electron chi connectivity index (χ0n) is 19.0. The molecule has 0 saturated carbocycles. The molecule has 0 aromatic carbocycles. The molecule has 0 spiro atoms. The summed E-state index contributed by atoms with van der Waals surface area (Å²) in [6, 6.07) is 0. The van der Waals surface area contributed by atoms with E-state index in [0.717, 1.165) is 0 Å². The monoisotopic (exact) mass is 443 g/mol. The zero-order chi connectivity index (χ0) is 22.8. The molecule has 1 aliphatic heterocycles. The third-order valence-electron chi connectivity index (χ3n) is 4.68. The van der Waals surface area contributed by atoms with E-state index in [2.05, 4.69) is 37.2 Å². The molecule has 0 radical (unpaired) electrons. The molecule has 0 amide bonds. The molecule has 8 nitrogen and oxygen atoms in total. The number of quaternary nitrogens is 1. The van der Waals surface area contributed by atoms with Crippen molar-refractivity contribution in [3.63, 3.8) is 0 Å². The molecule has 1 aliphatic rings. The van der Waals surface area contributed by atoms with Crippen LogP contribution in [-0.4, -0.2) is 49.5 Å². The van der Waals surface area contributed by atoms with Crippen molar-refractivity contribution in [2.24, 2.45) is 0 Å². The molecule has 1 fully saturated rings. The topological polar surface area (TPSA) is 128 Å². The predicted octanol–water partition coefficient (Wildman–Crippen LogP) is 0.789. The lowest BCUT2D eigenvalue weighted by Crippen LogP contribution is -2.68. The Bertz CT molecular complexity index is 348. The van der Waals surface area contributed by atoms with Gasteiger partial charge < -0.3 is 14.0 Å². The van der Waals surface area contributed by atoms with Crippen molar-refractivity contribution in [1.82, 2.24) is 0 Å². The van der Waals surface area contributed by atoms with Gasteiger partial charge in [-0.15, -0.1) is 10.2 Å². The average Bonchev–Trinajstić information content (AvgIpc) is 3.02. The molecule has 0 N–H and O–H groups in total. The Hall–Kier alpha value is -0.640. The van der Waals surface area contributed by atoms with Crippen LogP contribution in [0.3, 0.4) is 0 Å². The van der Waals surface area contributed by atoms with Crippen LogP contribution < -0.4 is 18.6 Å². The van der Waals surface area contributed by atoms with Crippen LogP contribution in [0.5, 0.6) is 0 Å². The van der Waals surface area contributed by atoms with Gasteiger partial charge in [-0.25, -0.2) is 23.4 Å². The first-order valence-electron chi connectivity index (χ1n) is 10.8. The fourth-order valence-corrected chi connectivity index (χ4v) is 3.06. The average molecular weight is 444 g/mol. The molecule has 0 aromatic rings. The summed E-state index contributed by atoms with van der Waals surface area (Å²) in [4.78, 5) is 10.0. The van der Waals surface area contributed by atoms with Crippen molar-refractivity contribution in [3.8, 4) is 0 Å². The molecule has 0 aliphatic carbocycles. The van der Waals surface area contributed by atoms with Gasteiger partial charge >= 0.3 is 6.16 Å². The molecular formula is C20H42ClNO7. The van der Waals surface area contributed by atoms with E-state index < -0.39 is 16.4 Å². The summed E-state index contributed by atoms with van der Waals surface area (Å²) in [6.45, 7) is 17.2. The number of rotatable bonds is 12. The highest BCUT2D eigenvalue weighted by Gasteiger charge is 2.24. The van der Waals surface area contributed by atoms with Gasteiger partial charge in [0.05, 0.1) is 26.2 Å². The molecule has 1 saturated heterocycles. The first-order chi connectivity index (χ1) is 13.5. The highest BCUT2D eigenvalue weighted by molar-refractivity contribution is 5.61. The Kier molecular flexibility index (Phi) is 19.1. The van der Waals surface area contributed by atoms with Crippen LogP contribution in [0.15, 0.2) is 0 Å². The lowest BCUT2D eigenvalue weighted by molar-refractivity contribution is -2.00. The normalized spacial score (nSPS) is 16.2. The Labute approximate surface area is 179 Å². The third kappa shape index (κ3) is 21.9. The number of unbranched alkanes of at least 4 members (excludes halogenated alkanes) is 4. The Morgan fingerprint density at radius 3 is 1.28 bits per heavy atom. The van der Waals surface area contributed by atoms with Crippen LogP contribution in [-0.2, 0) is 9.47 Å². The lowest BCUT2D eigenvalue weighted by atomic mass is 10.1. The number of ether oxygens (including phenoxy) is 2. The molecule has 29 heavy (non-hydrogen) atoms. The van der Waals surface area contributed by atoms with Crippen molar-refractivity contribution in [2.75, 3.05) is 32.8 Å². The number of nitrogens with zero attached hydrogens (tertiary/aromatic N) is 1. The molecule has 0 bridgehead atoms. The van der Waals surface area contributed by atoms with Gasteiger partial charge in [0.15, 0.2) is 0 Å². The van der Waals surface area contributed by atoms with E-state index in [-0.39, 0.29) is 6.10 Å². The fraction of sp³-hybridized carbons (Fsp3) is 0.950. The second kappa shape index (κ2) is 18.2. The van der Waals surface area contributed by atoms with Gasteiger partial charge in [-0.2, -0.15) is 0 Å². The predicted molar refractivity (Wildman–Crippen MR) is 101 cm³/mol. The standard InChI is InChI=1S/C16H36N.C4H6O3.ClHO4/c1-5-9-13-17(14-10-6-2,15-11-7-3)16-12-8-4;1-3-2-6-4(5)7-3;2-1(3,4)5/h5-16H2,1-4H3;3H,2H2,1H3;(H,2,3,4,5)/q+1;;/p-1. The number of carbonyl (C=O) groups is 1. The van der Waals surface area contributed by atoms with E-state index in [4.69, 9.17) is 18.6 Å². The van der Waals surface area contributed by atoms with Crippen molar-refractivity contribution >= 4 is 6.16 Å². The molecule has 1 heterocycles. The maximum absolute atomic E-state index is 10.0. The largest absolute Gasteiger partial charge is 0.508 e. The summed E-state index contributed by atoms with van der Waals surface area (Å²) < 4.78 is 44.3. The van der Waals surface area contributed by atoms with E-state index in [1.54, 1.807) is 6.92 Å². The van der Waals surface area contributed by atoms with E-state index >= 15 is 0 Å². The molecule has 1 unspecified atom stereocenters. The summed E-state index contributed by atoms with van der Waals surface area (Å²) in [7, 11) is -4.94. The van der Waals surface area contributed by atoms with Gasteiger partial charge in [-0.1, -0.05) is 53.4 Å². The maximum Gasteiger partial charge on any atom is 0.508 e. The zero-order valence-corrected chi connectivity index (χ0v) is 19.7. The molecule has 9 heteroatoms. The van der Waals surface area contributed by atoms with Gasteiger partial charge in [0.25, 0.3) is 0 Å². The van der Waals surface area contributed by atoms with Gasteiger partial charge in [-0.3, -0.25) is 0 Å². The van der Waals surface area contributed by atoms with E-state index in [0.29, 0.717) is 6.61 Å². The minimum Gasteiger partial charge on any atom is -0.430 e. The van der Waals surface area contributed by atoms with E-state index in [1.165, 1.54) is 82.0 Å². The minimum absolute atomic E-state index is 0.0486. The van der Waals surface area contributed by atoms with Gasteiger partial charge in [0, 0.05) is 0 Å². The van der Waals surface area contributed by atoms with Crippen LogP contribution in [0, 0.1) is 10.2 Å². The smallest absolute Gasteiger partial charge is 0.430 e. The van der Waals surface area contributed by atoms with Crippen LogP contribution in [0.1, 0.15) is 86.0 Å². The van der Waals surface area contributed by atoms with Gasteiger partial charge in [0.1, 0.15) is 12.7 Å². The Morgan fingerprint density at radius 2 is 1.14 bits per heavy atom. The number of cyclic esters (lactones) is 2. The maximum atomic E-state index is 10.0. The summed E-state index contributed by atoms with van der Waals surface area (Å²) in [6.07, 6.45) is 10.5. The van der Waals surface area contributed by atoms with Crippen molar-refractivity contribution in [2.45, 2.75) is 92.1 Å². The molecular weight excluding hydrogens is 402 g/mol. The van der Waals surface area contributed by atoms with Crippen LogP contribution >= 0.6 is 0 Å². The van der Waals surface area contributed by atoms with Crippen molar-refractivity contribution in [1.29, 1.82) is 0 Å². The number of hydrogen-bond donors (Lipinski definition) is 0. The number of halogens is 1. The van der Waals surface area contributed by atoms with Gasteiger partial charge in [-0.05, 0) is 32.6 Å². The summed E-state index contributed by atoms with van der Waals surface area (Å²) >= 11 is 0. The number of carbonyl (C=O) groups excluding carboxylic acids is 1. The first kappa shape index (κ1) is 30.6. The molecule has 176 valence electrons. The van der Waals surface area contributed by atoms with E-state index in [9.17, 15) is 4.79 Å². The molecule has 0 aromatic heterocycles. The molecule has 1 atom stereocenters.